The molecule has 5 N–H and O–H groups in total. The molecule has 0 atom stereocenters. The molecule has 3 aromatic heterocycles. The summed E-state index contributed by atoms with van der Waals surface area (Å²) in [4.78, 5) is 17.3. The summed E-state index contributed by atoms with van der Waals surface area (Å²) in [6.07, 6.45) is 10.4. The van der Waals surface area contributed by atoms with Crippen LogP contribution in [0.5, 0.6) is 0 Å². The normalized spacial score (nSPS) is 12.3. The van der Waals surface area contributed by atoms with Crippen molar-refractivity contribution in [2.45, 2.75) is 26.4 Å². The Bertz CT molecular complexity index is 955. The predicted octanol–water partition coefficient (Wildman–Crippen LogP) is 2.10. The molecule has 0 aliphatic carbocycles. The quantitative estimate of drug-likeness (QED) is 0.586. The number of anilines is 2. The smallest absolute Gasteiger partial charge is 0.169 e. The van der Waals surface area contributed by atoms with Crippen LogP contribution in [0.1, 0.15) is 25.1 Å². The number of nitrogens with two attached hydrogens (primary N) is 2. The topological polar surface area (TPSA) is 120 Å². The lowest BCUT2D eigenvalue weighted by molar-refractivity contribution is 0.842. The second kappa shape index (κ2) is 7.64. The van der Waals surface area contributed by atoms with E-state index >= 15 is 0 Å². The average Bonchev–Trinajstić information content (AvgIpc) is 3.09. The van der Waals surface area contributed by atoms with Crippen LogP contribution in [0.25, 0.3) is 11.2 Å². The first-order chi connectivity index (χ1) is 12.6. The molecule has 0 aliphatic heterocycles. The Kier molecular flexibility index (Phi) is 5.12. The van der Waals surface area contributed by atoms with E-state index in [0.717, 1.165) is 11.2 Å². The maximum Gasteiger partial charge on any atom is 0.169 e. The molecule has 0 fully saturated rings. The lowest BCUT2D eigenvalue weighted by Crippen LogP contribution is -2.09. The summed E-state index contributed by atoms with van der Waals surface area (Å²) in [6.45, 7) is 4.53. The zero-order valence-electron chi connectivity index (χ0n) is 14.8. The summed E-state index contributed by atoms with van der Waals surface area (Å²) < 4.78 is 1.96. The van der Waals surface area contributed by atoms with Gasteiger partial charge in [0.1, 0.15) is 5.65 Å². The lowest BCUT2D eigenvalue weighted by atomic mass is 10.2. The molecule has 3 heterocycles. The van der Waals surface area contributed by atoms with Crippen molar-refractivity contribution >= 4 is 29.1 Å². The van der Waals surface area contributed by atoms with Crippen molar-refractivity contribution in [3.8, 4) is 0 Å². The van der Waals surface area contributed by atoms with Crippen LogP contribution in [0.2, 0.25) is 0 Å². The fourth-order valence-corrected chi connectivity index (χ4v) is 2.35. The zero-order chi connectivity index (χ0) is 18.5. The van der Waals surface area contributed by atoms with Gasteiger partial charge in [-0.05, 0) is 25.5 Å². The Morgan fingerprint density at radius 3 is 2.96 bits per heavy atom. The molecule has 0 spiro atoms. The molecule has 8 heteroatoms. The zero-order valence-corrected chi connectivity index (χ0v) is 14.8. The third-order valence-electron chi connectivity index (χ3n) is 3.70. The number of imidazole rings is 1. The maximum absolute atomic E-state index is 5.96. The van der Waals surface area contributed by atoms with Gasteiger partial charge in [-0.1, -0.05) is 6.07 Å². The summed E-state index contributed by atoms with van der Waals surface area (Å²) in [5.41, 5.74) is 14.9. The van der Waals surface area contributed by atoms with E-state index in [4.69, 9.17) is 11.5 Å². The van der Waals surface area contributed by atoms with Gasteiger partial charge >= 0.3 is 0 Å². The largest absolute Gasteiger partial charge is 0.404 e. The van der Waals surface area contributed by atoms with E-state index < -0.39 is 0 Å². The third-order valence-corrected chi connectivity index (χ3v) is 3.70. The predicted molar refractivity (Wildman–Crippen MR) is 105 cm³/mol. The lowest BCUT2D eigenvalue weighted by Gasteiger charge is -2.10. The SMILES string of the molecule is CC(C)N=CC(=CN)c1cnc(N)c(NCc2ccc3nccn3c2)n1. The number of aliphatic imine (C=N–C) groups is 1. The van der Waals surface area contributed by atoms with Crippen molar-refractivity contribution in [3.63, 3.8) is 0 Å². The monoisotopic (exact) mass is 350 g/mol. The minimum Gasteiger partial charge on any atom is -0.404 e. The van der Waals surface area contributed by atoms with Crippen LogP contribution in [0.3, 0.4) is 0 Å². The number of nitrogens with zero attached hydrogens (tertiary/aromatic N) is 5. The molecule has 0 amide bonds. The second-order valence-corrected chi connectivity index (χ2v) is 6.07. The number of pyridine rings is 1. The molecule has 3 aromatic rings. The molecular formula is C18H22N8. The van der Waals surface area contributed by atoms with E-state index in [1.165, 1.54) is 6.20 Å². The molecule has 134 valence electrons. The van der Waals surface area contributed by atoms with Crippen molar-refractivity contribution in [3.05, 3.63) is 54.4 Å². The molecule has 0 aliphatic rings. The molecule has 0 aromatic carbocycles. The number of nitrogen functional groups attached to an aromatic ring is 1. The number of rotatable bonds is 6. The van der Waals surface area contributed by atoms with Gasteiger partial charge in [0.15, 0.2) is 11.6 Å². The van der Waals surface area contributed by atoms with Gasteiger partial charge in [0.05, 0.1) is 11.9 Å². The molecule has 0 saturated heterocycles. The van der Waals surface area contributed by atoms with E-state index in [2.05, 4.69) is 25.3 Å². The fraction of sp³-hybridized carbons (Fsp3) is 0.222. The average molecular weight is 350 g/mol. The van der Waals surface area contributed by atoms with Gasteiger partial charge < -0.3 is 21.2 Å². The van der Waals surface area contributed by atoms with Crippen LogP contribution in [-0.4, -0.2) is 31.6 Å². The molecule has 0 saturated carbocycles. The van der Waals surface area contributed by atoms with E-state index in [0.29, 0.717) is 29.4 Å². The van der Waals surface area contributed by atoms with Crippen LogP contribution in [-0.2, 0) is 6.54 Å². The number of nitrogens with one attached hydrogen (secondary N) is 1. The molecule has 0 bridgehead atoms. The summed E-state index contributed by atoms with van der Waals surface area (Å²) in [5, 5.41) is 3.23. The van der Waals surface area contributed by atoms with Gasteiger partial charge in [0.2, 0.25) is 0 Å². The first-order valence-electron chi connectivity index (χ1n) is 8.30. The van der Waals surface area contributed by atoms with Gasteiger partial charge in [-0.3, -0.25) is 4.99 Å². The van der Waals surface area contributed by atoms with Crippen molar-refractivity contribution in [2.24, 2.45) is 10.7 Å². The molecule has 8 nitrogen and oxygen atoms in total. The third kappa shape index (κ3) is 3.97. The highest BCUT2D eigenvalue weighted by molar-refractivity contribution is 6.08. The van der Waals surface area contributed by atoms with Crippen LogP contribution in [0, 0.1) is 0 Å². The summed E-state index contributed by atoms with van der Waals surface area (Å²) in [6, 6.07) is 4.13. The van der Waals surface area contributed by atoms with Crippen molar-refractivity contribution in [1.29, 1.82) is 0 Å². The van der Waals surface area contributed by atoms with Crippen LogP contribution >= 0.6 is 0 Å². The number of hydrogen-bond donors (Lipinski definition) is 3. The van der Waals surface area contributed by atoms with Crippen LogP contribution < -0.4 is 16.8 Å². The van der Waals surface area contributed by atoms with Crippen LogP contribution in [0.15, 0.2) is 48.1 Å². The summed E-state index contributed by atoms with van der Waals surface area (Å²) >= 11 is 0. The van der Waals surface area contributed by atoms with E-state index in [9.17, 15) is 0 Å². The highest BCUT2D eigenvalue weighted by Gasteiger charge is 2.08. The number of aromatic nitrogens is 4. The van der Waals surface area contributed by atoms with Gasteiger partial charge in [-0.15, -0.1) is 0 Å². The van der Waals surface area contributed by atoms with Gasteiger partial charge in [-0.25, -0.2) is 15.0 Å². The Labute approximate surface area is 151 Å². The van der Waals surface area contributed by atoms with Crippen molar-refractivity contribution < 1.29 is 0 Å². The number of allylic oxidation sites excluding steroid dienone is 1. The van der Waals surface area contributed by atoms with Crippen molar-refractivity contribution in [2.75, 3.05) is 11.1 Å². The van der Waals surface area contributed by atoms with E-state index in [1.54, 1.807) is 18.6 Å². The minimum atomic E-state index is 0.169. The first-order valence-corrected chi connectivity index (χ1v) is 8.30. The second-order valence-electron chi connectivity index (χ2n) is 6.07. The fourth-order valence-electron chi connectivity index (χ4n) is 2.35. The van der Waals surface area contributed by atoms with Crippen molar-refractivity contribution in [1.82, 2.24) is 19.4 Å². The highest BCUT2D eigenvalue weighted by Crippen LogP contribution is 2.18. The Hall–Kier alpha value is -3.42. The Morgan fingerprint density at radius 2 is 2.19 bits per heavy atom. The van der Waals surface area contributed by atoms with Gasteiger partial charge in [0.25, 0.3) is 0 Å². The number of fused-ring (bicyclic) bond motifs is 1. The molecule has 26 heavy (non-hydrogen) atoms. The van der Waals surface area contributed by atoms with E-state index in [-0.39, 0.29) is 6.04 Å². The Morgan fingerprint density at radius 1 is 1.35 bits per heavy atom. The summed E-state index contributed by atoms with van der Waals surface area (Å²) in [7, 11) is 0. The standard InChI is InChI=1S/C18H22N8/c1-12(2)22-9-14(7-19)15-10-23-17(20)18(25-15)24-8-13-3-4-16-21-5-6-26(16)11-13/h3-7,9-12H,8,19H2,1-2H3,(H2,20,23)(H,24,25). The maximum atomic E-state index is 5.96. The molecule has 0 radical (unpaired) electrons. The van der Waals surface area contributed by atoms with E-state index in [1.807, 2.05) is 42.8 Å². The highest BCUT2D eigenvalue weighted by atomic mass is 15.1. The minimum absolute atomic E-state index is 0.169. The molecular weight excluding hydrogens is 328 g/mol. The summed E-state index contributed by atoms with van der Waals surface area (Å²) in [5.74, 6) is 0.833. The Balaban J connectivity index is 1.78. The van der Waals surface area contributed by atoms with Gasteiger partial charge in [0, 0.05) is 49.2 Å². The van der Waals surface area contributed by atoms with Crippen LogP contribution in [0.4, 0.5) is 11.6 Å². The number of hydrogen-bond acceptors (Lipinski definition) is 7. The first kappa shape index (κ1) is 17.4. The molecule has 3 rings (SSSR count). The van der Waals surface area contributed by atoms with Gasteiger partial charge in [-0.2, -0.15) is 0 Å². The molecule has 0 unspecified atom stereocenters.